The lowest BCUT2D eigenvalue weighted by Crippen LogP contribution is -2.53. The van der Waals surface area contributed by atoms with Crippen LogP contribution in [0.25, 0.3) is 0 Å². The second kappa shape index (κ2) is 11.9. The van der Waals surface area contributed by atoms with Crippen LogP contribution < -0.4 is 4.90 Å². The van der Waals surface area contributed by atoms with Gasteiger partial charge in [-0.25, -0.2) is 0 Å². The summed E-state index contributed by atoms with van der Waals surface area (Å²) >= 11 is 0. The number of aryl methyl sites for hydroxylation is 1. The van der Waals surface area contributed by atoms with Crippen LogP contribution in [0.5, 0.6) is 0 Å². The Balaban J connectivity index is 0.00000272. The van der Waals surface area contributed by atoms with Crippen molar-refractivity contribution in [3.05, 3.63) is 65.7 Å². The summed E-state index contributed by atoms with van der Waals surface area (Å²) in [6, 6.07) is 21.6. The molecule has 0 spiro atoms. The lowest BCUT2D eigenvalue weighted by molar-refractivity contribution is 0.0840. The molecule has 0 saturated carbocycles. The van der Waals surface area contributed by atoms with E-state index in [1.807, 2.05) is 0 Å². The van der Waals surface area contributed by atoms with E-state index in [9.17, 15) is 0 Å². The highest BCUT2D eigenvalue weighted by atomic mass is 35.5. The molecule has 2 aromatic rings. The van der Waals surface area contributed by atoms with Gasteiger partial charge in [-0.05, 0) is 55.9 Å². The molecule has 0 aliphatic carbocycles. The van der Waals surface area contributed by atoms with Crippen LogP contribution >= 0.6 is 12.4 Å². The Morgan fingerprint density at radius 2 is 1.48 bits per heavy atom. The van der Waals surface area contributed by atoms with E-state index >= 15 is 0 Å². The Kier molecular flexibility index (Phi) is 9.25. The Labute approximate surface area is 195 Å². The monoisotopic (exact) mass is 441 g/mol. The van der Waals surface area contributed by atoms with Gasteiger partial charge < -0.3 is 4.90 Å². The third-order valence-electron chi connectivity index (χ3n) is 7.28. The third kappa shape index (κ3) is 6.25. The van der Waals surface area contributed by atoms with E-state index in [0.29, 0.717) is 6.04 Å². The third-order valence-corrected chi connectivity index (χ3v) is 7.28. The minimum Gasteiger partial charge on any atom is -0.369 e. The zero-order chi connectivity index (χ0) is 20.8. The summed E-state index contributed by atoms with van der Waals surface area (Å²) in [6.07, 6.45) is 6.40. The van der Waals surface area contributed by atoms with Crippen LogP contribution in [-0.2, 0) is 6.42 Å². The largest absolute Gasteiger partial charge is 0.369 e. The first kappa shape index (κ1) is 24.1. The number of halogens is 1. The summed E-state index contributed by atoms with van der Waals surface area (Å²) in [7, 11) is 0. The lowest BCUT2D eigenvalue weighted by atomic mass is 9.98. The van der Waals surface area contributed by atoms with Crippen molar-refractivity contribution in [2.45, 2.75) is 58.0 Å². The number of hydrogen-bond acceptors (Lipinski definition) is 3. The van der Waals surface area contributed by atoms with Gasteiger partial charge in [0, 0.05) is 57.0 Å². The van der Waals surface area contributed by atoms with Gasteiger partial charge in [0.15, 0.2) is 0 Å². The van der Waals surface area contributed by atoms with Gasteiger partial charge >= 0.3 is 0 Å². The van der Waals surface area contributed by atoms with Crippen molar-refractivity contribution in [1.82, 2.24) is 9.80 Å². The molecule has 2 aromatic carbocycles. The highest BCUT2D eigenvalue weighted by Gasteiger charge is 2.29. The van der Waals surface area contributed by atoms with Gasteiger partial charge in [0.05, 0.1) is 0 Å². The molecule has 2 aliphatic rings. The molecule has 4 rings (SSSR count). The van der Waals surface area contributed by atoms with Crippen LogP contribution in [-0.4, -0.2) is 55.1 Å². The maximum atomic E-state index is 2.76. The molecule has 4 heteroatoms. The predicted octanol–water partition coefficient (Wildman–Crippen LogP) is 5.80. The molecular weight excluding hydrogens is 402 g/mol. The molecule has 1 unspecified atom stereocenters. The summed E-state index contributed by atoms with van der Waals surface area (Å²) in [5, 5.41) is 0. The van der Waals surface area contributed by atoms with Gasteiger partial charge in [0.1, 0.15) is 0 Å². The topological polar surface area (TPSA) is 9.72 Å². The second-order valence-corrected chi connectivity index (χ2v) is 9.15. The van der Waals surface area contributed by atoms with Crippen molar-refractivity contribution in [3.8, 4) is 0 Å². The van der Waals surface area contributed by atoms with Crippen molar-refractivity contribution in [2.24, 2.45) is 0 Å². The molecule has 2 heterocycles. The number of rotatable bonds is 7. The summed E-state index contributed by atoms with van der Waals surface area (Å²) in [5.41, 5.74) is 4.34. The highest BCUT2D eigenvalue weighted by Crippen LogP contribution is 2.27. The van der Waals surface area contributed by atoms with E-state index in [2.05, 4.69) is 83.1 Å². The number of benzene rings is 2. The van der Waals surface area contributed by atoms with Crippen molar-refractivity contribution in [2.75, 3.05) is 44.2 Å². The minimum absolute atomic E-state index is 0. The fourth-order valence-corrected chi connectivity index (χ4v) is 5.18. The van der Waals surface area contributed by atoms with Crippen LogP contribution in [0.15, 0.2) is 54.6 Å². The minimum atomic E-state index is 0. The van der Waals surface area contributed by atoms with Crippen LogP contribution in [0.4, 0.5) is 5.69 Å². The van der Waals surface area contributed by atoms with E-state index < -0.39 is 0 Å². The van der Waals surface area contributed by atoms with E-state index in [1.54, 1.807) is 0 Å². The highest BCUT2D eigenvalue weighted by molar-refractivity contribution is 5.85. The molecule has 0 N–H and O–H groups in total. The Bertz CT molecular complexity index is 748. The van der Waals surface area contributed by atoms with Gasteiger partial charge in [0.25, 0.3) is 0 Å². The summed E-state index contributed by atoms with van der Waals surface area (Å²) in [6.45, 7) is 11.8. The number of nitrogens with zero attached hydrogens (tertiary/aromatic N) is 3. The van der Waals surface area contributed by atoms with Crippen LogP contribution in [0.3, 0.4) is 0 Å². The molecule has 2 aliphatic heterocycles. The smallest absolute Gasteiger partial charge is 0.0367 e. The van der Waals surface area contributed by atoms with E-state index in [-0.39, 0.29) is 12.4 Å². The van der Waals surface area contributed by atoms with Crippen LogP contribution in [0, 0.1) is 0 Å². The number of anilines is 1. The van der Waals surface area contributed by atoms with Crippen LogP contribution in [0.1, 0.15) is 56.7 Å². The lowest BCUT2D eigenvalue weighted by Gasteiger charge is -2.44. The van der Waals surface area contributed by atoms with Gasteiger partial charge in [0.2, 0.25) is 0 Å². The maximum Gasteiger partial charge on any atom is 0.0367 e. The maximum absolute atomic E-state index is 2.76. The Morgan fingerprint density at radius 1 is 0.839 bits per heavy atom. The molecule has 1 atom stereocenters. The Hall–Kier alpha value is -1.55. The first-order valence-electron chi connectivity index (χ1n) is 12.1. The average Bonchev–Trinajstić information content (AvgIpc) is 2.83. The zero-order valence-electron chi connectivity index (χ0n) is 19.4. The molecule has 0 aromatic heterocycles. The second-order valence-electron chi connectivity index (χ2n) is 9.15. The van der Waals surface area contributed by atoms with Gasteiger partial charge in [-0.2, -0.15) is 0 Å². The van der Waals surface area contributed by atoms with Gasteiger partial charge in [-0.1, -0.05) is 55.8 Å². The average molecular weight is 442 g/mol. The van der Waals surface area contributed by atoms with Crippen molar-refractivity contribution >= 4 is 18.1 Å². The zero-order valence-corrected chi connectivity index (χ0v) is 20.2. The quantitative estimate of drug-likeness (QED) is 0.537. The Morgan fingerprint density at radius 3 is 2.10 bits per heavy atom. The van der Waals surface area contributed by atoms with E-state index in [4.69, 9.17) is 0 Å². The predicted molar refractivity (Wildman–Crippen MR) is 136 cm³/mol. The molecule has 2 saturated heterocycles. The first-order chi connectivity index (χ1) is 14.7. The van der Waals surface area contributed by atoms with Crippen molar-refractivity contribution in [3.63, 3.8) is 0 Å². The molecule has 170 valence electrons. The number of hydrogen-bond donors (Lipinski definition) is 0. The molecule has 0 radical (unpaired) electrons. The first-order valence-corrected chi connectivity index (χ1v) is 12.1. The summed E-state index contributed by atoms with van der Waals surface area (Å²) in [5.74, 6) is 0. The van der Waals surface area contributed by atoms with E-state index in [0.717, 1.165) is 19.1 Å². The molecule has 0 bridgehead atoms. The van der Waals surface area contributed by atoms with Crippen molar-refractivity contribution in [1.29, 1.82) is 0 Å². The van der Waals surface area contributed by atoms with Gasteiger partial charge in [-0.3, -0.25) is 9.80 Å². The number of piperazine rings is 1. The fourth-order valence-electron chi connectivity index (χ4n) is 5.18. The van der Waals surface area contributed by atoms with Gasteiger partial charge in [-0.15, -0.1) is 12.4 Å². The number of piperidine rings is 1. The number of likely N-dealkylation sites (tertiary alicyclic amines) is 1. The van der Waals surface area contributed by atoms with Crippen molar-refractivity contribution < 1.29 is 0 Å². The fraction of sp³-hybridized carbons (Fsp3) is 0.556. The normalized spacial score (nSPS) is 19.7. The molecule has 3 nitrogen and oxygen atoms in total. The summed E-state index contributed by atoms with van der Waals surface area (Å²) < 4.78 is 0. The molecular formula is C27H40ClN3. The summed E-state index contributed by atoms with van der Waals surface area (Å²) in [4.78, 5) is 8.01. The standard InChI is InChI=1S/C27H39N3.ClH/c1-3-4-8-24-11-13-26(14-12-24)29-19-21-30(22-20-29)27-15-17-28(18-16-27)23(2)25-9-6-5-7-10-25;/h5-7,9-14,23,27H,3-4,8,15-22H2,1-2H3;1H. The molecule has 0 amide bonds. The van der Waals surface area contributed by atoms with E-state index in [1.165, 1.54) is 75.1 Å². The van der Waals surface area contributed by atoms with Crippen LogP contribution in [0.2, 0.25) is 0 Å². The number of unbranched alkanes of at least 4 members (excludes halogenated alkanes) is 1. The SMILES string of the molecule is CCCCc1ccc(N2CCN(C3CCN(C(C)c4ccccc4)CC3)CC2)cc1.Cl. The molecule has 2 fully saturated rings. The molecule has 31 heavy (non-hydrogen) atoms.